The van der Waals surface area contributed by atoms with Crippen LogP contribution in [0.2, 0.25) is 5.02 Å². The fourth-order valence-corrected chi connectivity index (χ4v) is 3.18. The number of nitrogens with one attached hydrogen (secondary N) is 1. The Morgan fingerprint density at radius 3 is 2.32 bits per heavy atom. The molecule has 0 aromatic heterocycles. The van der Waals surface area contributed by atoms with Crippen molar-refractivity contribution in [1.82, 2.24) is 5.32 Å². The maximum atomic E-state index is 12.0. The Balaban J connectivity index is 1.71. The summed E-state index contributed by atoms with van der Waals surface area (Å²) in [6, 6.07) is 7.33. The van der Waals surface area contributed by atoms with Crippen LogP contribution in [0.25, 0.3) is 0 Å². The fraction of sp³-hybridized carbons (Fsp3) is 0.611. The molecule has 1 saturated carbocycles. The molecule has 0 heterocycles. The van der Waals surface area contributed by atoms with Gasteiger partial charge in [0.15, 0.2) is 6.61 Å². The summed E-state index contributed by atoms with van der Waals surface area (Å²) >= 11 is 5.81. The quantitative estimate of drug-likeness (QED) is 0.889. The van der Waals surface area contributed by atoms with Crippen molar-refractivity contribution in [2.45, 2.75) is 52.5 Å². The molecule has 1 fully saturated rings. The number of carbonyl (C=O) groups is 1. The van der Waals surface area contributed by atoms with E-state index in [1.54, 1.807) is 24.3 Å². The van der Waals surface area contributed by atoms with Crippen LogP contribution in [0.5, 0.6) is 5.75 Å². The van der Waals surface area contributed by atoms with Crippen LogP contribution < -0.4 is 10.1 Å². The molecule has 4 heteroatoms. The number of halogens is 1. The van der Waals surface area contributed by atoms with Crippen LogP contribution in [-0.4, -0.2) is 18.6 Å². The molecule has 2 rings (SSSR count). The van der Waals surface area contributed by atoms with Crippen molar-refractivity contribution in [2.75, 3.05) is 6.61 Å². The maximum Gasteiger partial charge on any atom is 0.258 e. The highest BCUT2D eigenvalue weighted by atomic mass is 35.5. The molecule has 0 atom stereocenters. The standard InChI is InChI=1S/C18H26ClNO2/c1-18(2,3)13-4-8-15(9-5-13)20-17(21)12-22-16-10-6-14(19)7-11-16/h6-7,10-11,13,15H,4-5,8-9,12H2,1-3H3,(H,20,21). The van der Waals surface area contributed by atoms with Crippen LogP contribution in [-0.2, 0) is 4.79 Å². The van der Waals surface area contributed by atoms with E-state index in [-0.39, 0.29) is 12.5 Å². The third-order valence-electron chi connectivity index (χ3n) is 4.50. The first-order valence-electron chi connectivity index (χ1n) is 8.02. The van der Waals surface area contributed by atoms with E-state index >= 15 is 0 Å². The third kappa shape index (κ3) is 5.20. The lowest BCUT2D eigenvalue weighted by Crippen LogP contribution is -2.41. The molecule has 0 spiro atoms. The number of carbonyl (C=O) groups excluding carboxylic acids is 1. The summed E-state index contributed by atoms with van der Waals surface area (Å²) in [6.07, 6.45) is 4.50. The SMILES string of the molecule is CC(C)(C)C1CCC(NC(=O)COc2ccc(Cl)cc2)CC1. The zero-order valence-corrected chi connectivity index (χ0v) is 14.5. The van der Waals surface area contributed by atoms with Crippen molar-refractivity contribution in [2.24, 2.45) is 11.3 Å². The fourth-order valence-electron chi connectivity index (χ4n) is 3.05. The number of rotatable bonds is 4. The Morgan fingerprint density at radius 2 is 1.77 bits per heavy atom. The topological polar surface area (TPSA) is 38.3 Å². The van der Waals surface area contributed by atoms with Crippen molar-refractivity contribution in [3.05, 3.63) is 29.3 Å². The lowest BCUT2D eigenvalue weighted by atomic mass is 9.71. The number of hydrogen-bond donors (Lipinski definition) is 1. The summed E-state index contributed by atoms with van der Waals surface area (Å²) in [5.41, 5.74) is 0.368. The summed E-state index contributed by atoms with van der Waals surface area (Å²) in [6.45, 7) is 6.96. The van der Waals surface area contributed by atoms with Gasteiger partial charge in [-0.1, -0.05) is 32.4 Å². The van der Waals surface area contributed by atoms with Crippen LogP contribution >= 0.6 is 11.6 Å². The smallest absolute Gasteiger partial charge is 0.258 e. The molecule has 1 N–H and O–H groups in total. The third-order valence-corrected chi connectivity index (χ3v) is 4.75. The summed E-state index contributed by atoms with van der Waals surface area (Å²) in [7, 11) is 0. The first kappa shape index (κ1) is 17.1. The second-order valence-corrected chi connectivity index (χ2v) is 7.66. The normalized spacial score (nSPS) is 22.2. The zero-order valence-electron chi connectivity index (χ0n) is 13.7. The largest absolute Gasteiger partial charge is 0.484 e. The van der Waals surface area contributed by atoms with Gasteiger partial charge in [-0.3, -0.25) is 4.79 Å². The summed E-state index contributed by atoms with van der Waals surface area (Å²) in [5.74, 6) is 1.37. The molecule has 0 saturated heterocycles. The molecular weight excluding hydrogens is 298 g/mol. The predicted octanol–water partition coefficient (Wildman–Crippen LogP) is 4.44. The molecule has 22 heavy (non-hydrogen) atoms. The second kappa shape index (κ2) is 7.36. The highest BCUT2D eigenvalue weighted by Gasteiger charge is 2.30. The average molecular weight is 324 g/mol. The Hall–Kier alpha value is -1.22. The molecule has 0 aliphatic heterocycles. The Morgan fingerprint density at radius 1 is 1.18 bits per heavy atom. The molecule has 1 aromatic carbocycles. The summed E-state index contributed by atoms with van der Waals surface area (Å²) in [4.78, 5) is 12.0. The van der Waals surface area contributed by atoms with Crippen molar-refractivity contribution < 1.29 is 9.53 Å². The first-order valence-corrected chi connectivity index (χ1v) is 8.40. The van der Waals surface area contributed by atoms with E-state index < -0.39 is 0 Å². The molecule has 3 nitrogen and oxygen atoms in total. The van der Waals surface area contributed by atoms with Gasteiger partial charge in [-0.15, -0.1) is 0 Å². The Labute approximate surface area is 138 Å². The minimum absolute atomic E-state index is 0.0471. The van der Waals surface area contributed by atoms with E-state index in [9.17, 15) is 4.79 Å². The molecule has 1 aliphatic rings. The van der Waals surface area contributed by atoms with E-state index in [1.807, 2.05) is 0 Å². The van der Waals surface area contributed by atoms with Gasteiger partial charge in [-0.05, 0) is 61.3 Å². The average Bonchev–Trinajstić information content (AvgIpc) is 2.46. The predicted molar refractivity (Wildman–Crippen MR) is 90.3 cm³/mol. The Kier molecular flexibility index (Phi) is 5.74. The van der Waals surface area contributed by atoms with Gasteiger partial charge < -0.3 is 10.1 Å². The lowest BCUT2D eigenvalue weighted by molar-refractivity contribution is -0.124. The van der Waals surface area contributed by atoms with Gasteiger partial charge in [0, 0.05) is 11.1 Å². The van der Waals surface area contributed by atoms with Gasteiger partial charge >= 0.3 is 0 Å². The van der Waals surface area contributed by atoms with Crippen LogP contribution in [0.3, 0.4) is 0 Å². The zero-order chi connectivity index (χ0) is 16.2. The number of ether oxygens (including phenoxy) is 1. The number of amides is 1. The van der Waals surface area contributed by atoms with Crippen LogP contribution in [0.15, 0.2) is 24.3 Å². The minimum Gasteiger partial charge on any atom is -0.484 e. The maximum absolute atomic E-state index is 12.0. The van der Waals surface area contributed by atoms with E-state index in [2.05, 4.69) is 26.1 Å². The molecule has 122 valence electrons. The van der Waals surface area contributed by atoms with Gasteiger partial charge in [-0.25, -0.2) is 0 Å². The van der Waals surface area contributed by atoms with Crippen molar-refractivity contribution >= 4 is 17.5 Å². The van der Waals surface area contributed by atoms with Crippen molar-refractivity contribution in [1.29, 1.82) is 0 Å². The summed E-state index contributed by atoms with van der Waals surface area (Å²) in [5, 5.41) is 3.74. The van der Waals surface area contributed by atoms with Gasteiger partial charge in [0.2, 0.25) is 0 Å². The van der Waals surface area contributed by atoms with E-state index in [1.165, 1.54) is 12.8 Å². The number of hydrogen-bond acceptors (Lipinski definition) is 2. The van der Waals surface area contributed by atoms with Gasteiger partial charge in [0.1, 0.15) is 5.75 Å². The molecule has 1 aliphatic carbocycles. The van der Waals surface area contributed by atoms with E-state index in [0.29, 0.717) is 22.2 Å². The van der Waals surface area contributed by atoms with Gasteiger partial charge in [0.25, 0.3) is 5.91 Å². The second-order valence-electron chi connectivity index (χ2n) is 7.22. The van der Waals surface area contributed by atoms with E-state index in [0.717, 1.165) is 18.8 Å². The molecule has 1 aromatic rings. The van der Waals surface area contributed by atoms with Crippen LogP contribution in [0.4, 0.5) is 0 Å². The molecule has 0 bridgehead atoms. The first-order chi connectivity index (χ1) is 10.3. The summed E-state index contributed by atoms with van der Waals surface area (Å²) < 4.78 is 5.47. The number of benzene rings is 1. The van der Waals surface area contributed by atoms with E-state index in [4.69, 9.17) is 16.3 Å². The van der Waals surface area contributed by atoms with Gasteiger partial charge in [-0.2, -0.15) is 0 Å². The molecule has 1 amide bonds. The highest BCUT2D eigenvalue weighted by Crippen LogP contribution is 2.37. The Bertz CT molecular complexity index is 485. The monoisotopic (exact) mass is 323 g/mol. The lowest BCUT2D eigenvalue weighted by Gasteiger charge is -2.37. The van der Waals surface area contributed by atoms with Gasteiger partial charge in [0.05, 0.1) is 0 Å². The van der Waals surface area contributed by atoms with Crippen LogP contribution in [0, 0.1) is 11.3 Å². The van der Waals surface area contributed by atoms with Crippen molar-refractivity contribution in [3.8, 4) is 5.75 Å². The van der Waals surface area contributed by atoms with Crippen molar-refractivity contribution in [3.63, 3.8) is 0 Å². The minimum atomic E-state index is -0.0471. The molecule has 0 unspecified atom stereocenters. The highest BCUT2D eigenvalue weighted by molar-refractivity contribution is 6.30. The molecular formula is C18H26ClNO2. The van der Waals surface area contributed by atoms with Crippen LogP contribution in [0.1, 0.15) is 46.5 Å². The molecule has 0 radical (unpaired) electrons.